The van der Waals surface area contributed by atoms with E-state index in [9.17, 15) is 5.11 Å². The second-order valence-corrected chi connectivity index (χ2v) is 12.0. The molecule has 2 saturated heterocycles. The van der Waals surface area contributed by atoms with Crippen LogP contribution >= 0.6 is 0 Å². The van der Waals surface area contributed by atoms with Gasteiger partial charge in [-0.15, -0.1) is 0 Å². The van der Waals surface area contributed by atoms with Crippen LogP contribution in [0.15, 0.2) is 24.3 Å². The summed E-state index contributed by atoms with van der Waals surface area (Å²) in [5.41, 5.74) is 3.53. The molecule has 0 spiro atoms. The Hall–Kier alpha value is -3.12. The Bertz CT molecular complexity index is 1530. The Morgan fingerprint density at radius 3 is 2.42 bits per heavy atom. The summed E-state index contributed by atoms with van der Waals surface area (Å²) in [6.07, 6.45) is 2.31. The van der Waals surface area contributed by atoms with E-state index in [0.29, 0.717) is 25.1 Å². The van der Waals surface area contributed by atoms with Crippen molar-refractivity contribution in [2.75, 3.05) is 64.0 Å². The summed E-state index contributed by atoms with van der Waals surface area (Å²) >= 11 is 0. The molecule has 3 aromatic heterocycles. The first-order valence-corrected chi connectivity index (χ1v) is 14.5. The van der Waals surface area contributed by atoms with E-state index in [4.69, 9.17) is 24.7 Å². The van der Waals surface area contributed by atoms with Crippen LogP contribution in [-0.4, -0.2) is 109 Å². The molecule has 4 aromatic rings. The fourth-order valence-electron chi connectivity index (χ4n) is 6.00. The molecule has 212 valence electrons. The highest BCUT2D eigenvalue weighted by Crippen LogP contribution is 2.42. The summed E-state index contributed by atoms with van der Waals surface area (Å²) in [6.45, 7) is 11.8. The molecule has 11 heteroatoms. The van der Waals surface area contributed by atoms with Gasteiger partial charge in [0.05, 0.1) is 37.4 Å². The van der Waals surface area contributed by atoms with Gasteiger partial charge in [-0.25, -0.2) is 9.97 Å². The van der Waals surface area contributed by atoms with Crippen molar-refractivity contribution >= 4 is 28.0 Å². The zero-order chi connectivity index (χ0) is 27.4. The largest absolute Gasteiger partial charge is 0.394 e. The number of hydrogen-bond acceptors (Lipinski definition) is 9. The number of benzene rings is 1. The molecule has 0 bridgehead atoms. The Morgan fingerprint density at radius 2 is 1.70 bits per heavy atom. The van der Waals surface area contributed by atoms with Crippen LogP contribution in [0.3, 0.4) is 0 Å². The lowest BCUT2D eigenvalue weighted by Gasteiger charge is -2.43. The third kappa shape index (κ3) is 4.54. The molecule has 7 rings (SSSR count). The van der Waals surface area contributed by atoms with Gasteiger partial charge in [-0.3, -0.25) is 14.4 Å². The van der Waals surface area contributed by atoms with E-state index in [1.165, 1.54) is 0 Å². The maximum atomic E-state index is 9.80. The van der Waals surface area contributed by atoms with Crippen molar-refractivity contribution in [2.24, 2.45) is 7.05 Å². The monoisotopic (exact) mass is 545 g/mol. The van der Waals surface area contributed by atoms with E-state index in [-0.39, 0.29) is 12.1 Å². The first-order chi connectivity index (χ1) is 19.4. The molecule has 0 amide bonds. The Morgan fingerprint density at radius 1 is 0.950 bits per heavy atom. The van der Waals surface area contributed by atoms with Crippen LogP contribution in [-0.2, 0) is 18.3 Å². The fourth-order valence-corrected chi connectivity index (χ4v) is 6.00. The van der Waals surface area contributed by atoms with Crippen molar-refractivity contribution in [1.29, 1.82) is 0 Å². The predicted molar refractivity (Wildman–Crippen MR) is 154 cm³/mol. The number of fused-ring (bicyclic) bond motifs is 2. The summed E-state index contributed by atoms with van der Waals surface area (Å²) in [6, 6.07) is 8.28. The number of morpholine rings is 1. The summed E-state index contributed by atoms with van der Waals surface area (Å²) in [5.74, 6) is 4.04. The van der Waals surface area contributed by atoms with E-state index in [2.05, 4.69) is 62.9 Å². The molecule has 40 heavy (non-hydrogen) atoms. The molecular weight excluding hydrogens is 506 g/mol. The zero-order valence-corrected chi connectivity index (χ0v) is 23.8. The third-order valence-corrected chi connectivity index (χ3v) is 8.80. The number of aromatic nitrogens is 6. The second-order valence-electron chi connectivity index (χ2n) is 12.0. The Kier molecular flexibility index (Phi) is 6.49. The van der Waals surface area contributed by atoms with Crippen molar-refractivity contribution in [3.05, 3.63) is 35.9 Å². The Labute approximate surface area is 234 Å². The molecule has 0 radical (unpaired) electrons. The first-order valence-electron chi connectivity index (χ1n) is 14.5. The number of ether oxygens (including phenoxy) is 1. The molecule has 1 aromatic carbocycles. The first kappa shape index (κ1) is 25.8. The minimum absolute atomic E-state index is 0.164. The smallest absolute Gasteiger partial charge is 0.239 e. The summed E-state index contributed by atoms with van der Waals surface area (Å²) < 4.78 is 9.99. The van der Waals surface area contributed by atoms with Crippen molar-refractivity contribution in [2.45, 2.75) is 44.7 Å². The molecule has 3 aliphatic rings. The topological polar surface area (TPSA) is 101 Å². The maximum Gasteiger partial charge on any atom is 0.239 e. The molecule has 2 aliphatic heterocycles. The molecule has 0 unspecified atom stereocenters. The van der Waals surface area contributed by atoms with Gasteiger partial charge in [0.1, 0.15) is 11.6 Å². The van der Waals surface area contributed by atoms with Crippen LogP contribution in [0, 0.1) is 0 Å². The van der Waals surface area contributed by atoms with Gasteiger partial charge in [-0.05, 0) is 38.8 Å². The van der Waals surface area contributed by atoms with Crippen LogP contribution in [0.5, 0.6) is 0 Å². The van der Waals surface area contributed by atoms with Crippen LogP contribution < -0.4 is 4.90 Å². The van der Waals surface area contributed by atoms with Gasteiger partial charge in [0.25, 0.3) is 0 Å². The number of rotatable bonds is 7. The highest BCUT2D eigenvalue weighted by atomic mass is 16.5. The fraction of sp³-hybridized carbons (Fsp3) is 0.586. The highest BCUT2D eigenvalue weighted by molar-refractivity contribution is 5.86. The molecule has 1 saturated carbocycles. The number of piperazine rings is 1. The van der Waals surface area contributed by atoms with Gasteiger partial charge in [-0.1, -0.05) is 12.1 Å². The number of aliphatic hydroxyl groups is 1. The Balaban J connectivity index is 1.28. The molecule has 1 N–H and O–H groups in total. The molecule has 3 fully saturated rings. The quantitative estimate of drug-likeness (QED) is 0.375. The second kappa shape index (κ2) is 10.1. The van der Waals surface area contributed by atoms with Crippen molar-refractivity contribution < 1.29 is 9.84 Å². The molecule has 0 atom stereocenters. The van der Waals surface area contributed by atoms with Crippen LogP contribution in [0.1, 0.15) is 44.3 Å². The van der Waals surface area contributed by atoms with Gasteiger partial charge >= 0.3 is 0 Å². The molecule has 1 aliphatic carbocycles. The number of aliphatic hydroxyl groups excluding tert-OH is 1. The summed E-state index contributed by atoms with van der Waals surface area (Å²) in [4.78, 5) is 27.6. The van der Waals surface area contributed by atoms with E-state index in [1.54, 1.807) is 0 Å². The average Bonchev–Trinajstić information content (AvgIpc) is 3.69. The van der Waals surface area contributed by atoms with Gasteiger partial charge in [0.2, 0.25) is 5.95 Å². The van der Waals surface area contributed by atoms with Crippen molar-refractivity contribution in [1.82, 2.24) is 38.9 Å². The normalized spacial score (nSPS) is 19.8. The number of imidazole rings is 2. The van der Waals surface area contributed by atoms with Gasteiger partial charge < -0.3 is 19.3 Å². The number of hydrogen-bond donors (Lipinski definition) is 1. The SMILES string of the molecule is Cn1c(CN2CCN(C(C)(C)CO)CC2)nc2c(N3CCOCC3)nc(-n3c(C4CC4)nc4ccccc43)nc21. The maximum absolute atomic E-state index is 9.80. The molecule has 5 heterocycles. The predicted octanol–water partition coefficient (Wildman–Crippen LogP) is 2.30. The van der Waals surface area contributed by atoms with Crippen molar-refractivity contribution in [3.63, 3.8) is 0 Å². The molecular formula is C29H39N9O2. The van der Waals surface area contributed by atoms with Crippen LogP contribution in [0.25, 0.3) is 28.1 Å². The van der Waals surface area contributed by atoms with E-state index in [0.717, 1.165) is 98.3 Å². The third-order valence-electron chi connectivity index (χ3n) is 8.80. The number of aryl methyl sites for hydroxylation is 1. The highest BCUT2D eigenvalue weighted by Gasteiger charge is 2.33. The number of para-hydroxylation sites is 2. The van der Waals surface area contributed by atoms with Gasteiger partial charge in [-0.2, -0.15) is 9.97 Å². The van der Waals surface area contributed by atoms with Crippen molar-refractivity contribution in [3.8, 4) is 5.95 Å². The zero-order valence-electron chi connectivity index (χ0n) is 23.8. The van der Waals surface area contributed by atoms with Gasteiger partial charge in [0, 0.05) is 57.8 Å². The average molecular weight is 546 g/mol. The van der Waals surface area contributed by atoms with Crippen LogP contribution in [0.4, 0.5) is 5.82 Å². The minimum atomic E-state index is -0.195. The lowest BCUT2D eigenvalue weighted by atomic mass is 10.0. The van der Waals surface area contributed by atoms with E-state index in [1.807, 2.05) is 6.07 Å². The van der Waals surface area contributed by atoms with Gasteiger partial charge in [0.15, 0.2) is 17.0 Å². The number of nitrogens with zero attached hydrogens (tertiary/aromatic N) is 9. The molecule has 11 nitrogen and oxygen atoms in total. The minimum Gasteiger partial charge on any atom is -0.394 e. The standard InChI is InChI=1S/C29H39N9O2/c1-29(2,19-39)37-12-10-35(11-13-37)18-23-31-24-26(34(23)3)32-28(33-27(24)36-14-16-40-17-15-36)38-22-7-5-4-6-21(22)30-25(38)20-8-9-20/h4-7,20,39H,8-19H2,1-3H3. The van der Waals surface area contributed by atoms with E-state index < -0.39 is 0 Å². The van der Waals surface area contributed by atoms with Crippen LogP contribution in [0.2, 0.25) is 0 Å². The lowest BCUT2D eigenvalue weighted by molar-refractivity contribution is 0.0141. The summed E-state index contributed by atoms with van der Waals surface area (Å²) in [5, 5.41) is 9.80. The lowest BCUT2D eigenvalue weighted by Crippen LogP contribution is -2.55. The summed E-state index contributed by atoms with van der Waals surface area (Å²) in [7, 11) is 2.07. The van der Waals surface area contributed by atoms with E-state index >= 15 is 0 Å². The number of anilines is 1.